The number of rotatable bonds is 9. The van der Waals surface area contributed by atoms with Crippen LogP contribution in [0.3, 0.4) is 0 Å². The maximum absolute atomic E-state index is 11.9. The highest BCUT2D eigenvalue weighted by atomic mass is 16.5. The van der Waals surface area contributed by atoms with Crippen LogP contribution in [-0.4, -0.2) is 43.0 Å². The van der Waals surface area contributed by atoms with Crippen LogP contribution in [0.1, 0.15) is 25.3 Å². The van der Waals surface area contributed by atoms with Gasteiger partial charge in [-0.05, 0) is 37.8 Å². The molecule has 1 aromatic carbocycles. The molecule has 0 amide bonds. The molecule has 0 heterocycles. The van der Waals surface area contributed by atoms with Gasteiger partial charge in [-0.3, -0.25) is 10.1 Å². The van der Waals surface area contributed by atoms with Crippen LogP contribution in [0.25, 0.3) is 0 Å². The second kappa shape index (κ2) is 8.00. The zero-order valence-electron chi connectivity index (χ0n) is 12.4. The van der Waals surface area contributed by atoms with Gasteiger partial charge < -0.3 is 14.6 Å². The van der Waals surface area contributed by atoms with Gasteiger partial charge >= 0.3 is 5.97 Å². The van der Waals surface area contributed by atoms with Crippen molar-refractivity contribution in [2.75, 3.05) is 19.8 Å². The molecule has 1 fully saturated rings. The molecular formula is C16H23NO4. The lowest BCUT2D eigenvalue weighted by Gasteiger charge is -2.18. The first-order valence-corrected chi connectivity index (χ1v) is 7.48. The van der Waals surface area contributed by atoms with Crippen LogP contribution in [0.15, 0.2) is 24.3 Å². The molecule has 0 radical (unpaired) electrons. The van der Waals surface area contributed by atoms with E-state index in [9.17, 15) is 4.79 Å². The minimum atomic E-state index is -0.445. The van der Waals surface area contributed by atoms with E-state index < -0.39 is 6.04 Å². The number of para-hydroxylation sites is 1. The van der Waals surface area contributed by atoms with E-state index in [-0.39, 0.29) is 19.2 Å². The molecule has 5 nitrogen and oxygen atoms in total. The Bertz CT molecular complexity index is 459. The predicted octanol–water partition coefficient (Wildman–Crippen LogP) is 1.28. The molecule has 0 aliphatic heterocycles. The Labute approximate surface area is 125 Å². The molecule has 1 aliphatic rings. The van der Waals surface area contributed by atoms with Crippen molar-refractivity contribution >= 4 is 5.97 Å². The Morgan fingerprint density at radius 2 is 2.19 bits per heavy atom. The van der Waals surface area contributed by atoms with Gasteiger partial charge in [-0.2, -0.15) is 0 Å². The van der Waals surface area contributed by atoms with Crippen LogP contribution in [0, 0.1) is 0 Å². The number of aliphatic hydroxyl groups is 1. The van der Waals surface area contributed by atoms with Gasteiger partial charge in [0.2, 0.25) is 0 Å². The summed E-state index contributed by atoms with van der Waals surface area (Å²) in [5.41, 5.74) is 0.939. The Balaban J connectivity index is 1.95. The molecule has 2 N–H and O–H groups in total. The Morgan fingerprint density at radius 3 is 2.86 bits per heavy atom. The summed E-state index contributed by atoms with van der Waals surface area (Å²) in [4.78, 5) is 11.9. The van der Waals surface area contributed by atoms with Crippen molar-refractivity contribution < 1.29 is 19.4 Å². The summed E-state index contributed by atoms with van der Waals surface area (Å²) in [6, 6.07) is 7.51. The molecule has 0 aromatic heterocycles. The largest absolute Gasteiger partial charge is 0.491 e. The van der Waals surface area contributed by atoms with E-state index in [1.165, 1.54) is 0 Å². The maximum Gasteiger partial charge on any atom is 0.326 e. The van der Waals surface area contributed by atoms with E-state index in [4.69, 9.17) is 14.6 Å². The lowest BCUT2D eigenvalue weighted by atomic mass is 10.1. The zero-order chi connectivity index (χ0) is 15.1. The standard InChI is InChI=1S/C16H23NO4/c1-2-20-16(19)14(17-13-7-8-13)11-21-15-6-4-3-5-12(15)9-10-18/h3-6,13-14,17-18H,2,7-11H2,1H3. The first-order valence-electron chi connectivity index (χ1n) is 7.48. The Morgan fingerprint density at radius 1 is 1.43 bits per heavy atom. The number of nitrogens with one attached hydrogen (secondary N) is 1. The van der Waals surface area contributed by atoms with Gasteiger partial charge in [-0.1, -0.05) is 18.2 Å². The number of ether oxygens (including phenoxy) is 2. The third-order valence-electron chi connectivity index (χ3n) is 3.34. The summed E-state index contributed by atoms with van der Waals surface area (Å²) in [7, 11) is 0. The third-order valence-corrected chi connectivity index (χ3v) is 3.34. The third kappa shape index (κ3) is 5.02. The van der Waals surface area contributed by atoms with Crippen molar-refractivity contribution in [3.63, 3.8) is 0 Å². The molecule has 5 heteroatoms. The van der Waals surface area contributed by atoms with Crippen molar-refractivity contribution in [3.05, 3.63) is 29.8 Å². The van der Waals surface area contributed by atoms with E-state index in [0.717, 1.165) is 18.4 Å². The van der Waals surface area contributed by atoms with Gasteiger partial charge in [0.1, 0.15) is 18.4 Å². The van der Waals surface area contributed by atoms with Gasteiger partial charge in [-0.15, -0.1) is 0 Å². The summed E-state index contributed by atoms with van der Waals surface area (Å²) in [5, 5.41) is 12.3. The lowest BCUT2D eigenvalue weighted by Crippen LogP contribution is -2.43. The van der Waals surface area contributed by atoms with Crippen LogP contribution in [0.5, 0.6) is 5.75 Å². The van der Waals surface area contributed by atoms with Crippen molar-refractivity contribution in [2.45, 2.75) is 38.3 Å². The quantitative estimate of drug-likeness (QED) is 0.671. The molecule has 1 aromatic rings. The molecule has 0 spiro atoms. The second-order valence-corrected chi connectivity index (χ2v) is 5.14. The van der Waals surface area contributed by atoms with Crippen LogP contribution in [0.2, 0.25) is 0 Å². The topological polar surface area (TPSA) is 67.8 Å². The van der Waals surface area contributed by atoms with E-state index >= 15 is 0 Å². The second-order valence-electron chi connectivity index (χ2n) is 5.14. The van der Waals surface area contributed by atoms with E-state index in [2.05, 4.69) is 5.32 Å². The van der Waals surface area contributed by atoms with E-state index in [1.54, 1.807) is 6.92 Å². The van der Waals surface area contributed by atoms with Crippen LogP contribution >= 0.6 is 0 Å². The number of benzene rings is 1. The normalized spacial score (nSPS) is 15.5. The molecule has 1 aliphatic carbocycles. The highest BCUT2D eigenvalue weighted by Gasteiger charge is 2.29. The Kier molecular flexibility index (Phi) is 6.02. The van der Waals surface area contributed by atoms with Crippen molar-refractivity contribution in [3.8, 4) is 5.75 Å². The number of esters is 1. The zero-order valence-corrected chi connectivity index (χ0v) is 12.4. The molecule has 0 bridgehead atoms. The van der Waals surface area contributed by atoms with Gasteiger partial charge in [0.25, 0.3) is 0 Å². The average Bonchev–Trinajstić information content (AvgIpc) is 3.29. The molecule has 21 heavy (non-hydrogen) atoms. The number of carbonyl (C=O) groups is 1. The molecule has 1 unspecified atom stereocenters. The molecule has 1 atom stereocenters. The van der Waals surface area contributed by atoms with Crippen molar-refractivity contribution in [1.82, 2.24) is 5.32 Å². The van der Waals surface area contributed by atoms with Gasteiger partial charge in [-0.25, -0.2) is 0 Å². The average molecular weight is 293 g/mol. The molecule has 2 rings (SSSR count). The summed E-state index contributed by atoms with van der Waals surface area (Å²) in [6.07, 6.45) is 2.73. The molecule has 0 saturated heterocycles. The lowest BCUT2D eigenvalue weighted by molar-refractivity contribution is -0.146. The van der Waals surface area contributed by atoms with Gasteiger partial charge in [0.15, 0.2) is 0 Å². The maximum atomic E-state index is 11.9. The van der Waals surface area contributed by atoms with Crippen LogP contribution in [0.4, 0.5) is 0 Å². The fourth-order valence-electron chi connectivity index (χ4n) is 2.11. The van der Waals surface area contributed by atoms with E-state index in [1.807, 2.05) is 24.3 Å². The minimum Gasteiger partial charge on any atom is -0.491 e. The monoisotopic (exact) mass is 293 g/mol. The predicted molar refractivity (Wildman–Crippen MR) is 79.3 cm³/mol. The summed E-state index contributed by atoms with van der Waals surface area (Å²) in [5.74, 6) is 0.433. The fraction of sp³-hybridized carbons (Fsp3) is 0.562. The van der Waals surface area contributed by atoms with Crippen LogP contribution in [-0.2, 0) is 16.0 Å². The molecular weight excluding hydrogens is 270 g/mol. The smallest absolute Gasteiger partial charge is 0.326 e. The number of hydrogen-bond donors (Lipinski definition) is 2. The number of hydrogen-bond acceptors (Lipinski definition) is 5. The van der Waals surface area contributed by atoms with Crippen molar-refractivity contribution in [1.29, 1.82) is 0 Å². The summed E-state index contributed by atoms with van der Waals surface area (Å²) < 4.78 is 10.9. The number of aliphatic hydroxyl groups excluding tert-OH is 1. The van der Waals surface area contributed by atoms with Gasteiger partial charge in [0.05, 0.1) is 6.61 Å². The van der Waals surface area contributed by atoms with Gasteiger partial charge in [0, 0.05) is 12.6 Å². The SMILES string of the molecule is CCOC(=O)C(COc1ccccc1CCO)NC1CC1. The molecule has 1 saturated carbocycles. The first kappa shape index (κ1) is 15.8. The Hall–Kier alpha value is -1.59. The minimum absolute atomic E-state index is 0.0714. The van der Waals surface area contributed by atoms with Crippen molar-refractivity contribution in [2.24, 2.45) is 0 Å². The van der Waals surface area contributed by atoms with E-state index in [0.29, 0.717) is 24.8 Å². The molecule has 116 valence electrons. The highest BCUT2D eigenvalue weighted by Crippen LogP contribution is 2.21. The first-order chi connectivity index (χ1) is 10.2. The highest BCUT2D eigenvalue weighted by molar-refractivity contribution is 5.76. The van der Waals surface area contributed by atoms with Crippen LogP contribution < -0.4 is 10.1 Å². The number of carbonyl (C=O) groups excluding carboxylic acids is 1. The summed E-state index contributed by atoms with van der Waals surface area (Å²) in [6.45, 7) is 2.46. The summed E-state index contributed by atoms with van der Waals surface area (Å²) >= 11 is 0. The fourth-order valence-corrected chi connectivity index (χ4v) is 2.11.